The number of benzene rings is 1. The molecule has 0 fully saturated rings. The molecular weight excluding hydrogens is 256 g/mol. The summed E-state index contributed by atoms with van der Waals surface area (Å²) in [4.78, 5) is 11.5. The Morgan fingerprint density at radius 3 is 2.85 bits per heavy atom. The van der Waals surface area contributed by atoms with Crippen molar-refractivity contribution in [1.29, 1.82) is 0 Å². The molecule has 0 atom stereocenters. The molecule has 1 aromatic rings. The zero-order chi connectivity index (χ0) is 14.8. The third-order valence-corrected chi connectivity index (χ3v) is 2.51. The van der Waals surface area contributed by atoms with Crippen LogP contribution in [0.25, 0.3) is 0 Å². The highest BCUT2D eigenvalue weighted by Gasteiger charge is 2.02. The Hall–Kier alpha value is -1.59. The summed E-state index contributed by atoms with van der Waals surface area (Å²) in [5.41, 5.74) is 1.09. The van der Waals surface area contributed by atoms with Gasteiger partial charge in [-0.15, -0.1) is 0 Å². The van der Waals surface area contributed by atoms with Crippen LogP contribution in [0, 0.1) is 0 Å². The van der Waals surface area contributed by atoms with Gasteiger partial charge in [0.2, 0.25) is 5.91 Å². The van der Waals surface area contributed by atoms with E-state index in [0.717, 1.165) is 11.3 Å². The van der Waals surface area contributed by atoms with E-state index >= 15 is 0 Å². The number of hydrogen-bond donors (Lipinski definition) is 2. The van der Waals surface area contributed by atoms with Gasteiger partial charge in [-0.25, -0.2) is 0 Å². The molecule has 2 N–H and O–H groups in total. The number of nitrogens with one attached hydrogen (secondary N) is 2. The summed E-state index contributed by atoms with van der Waals surface area (Å²) in [6, 6.07) is 7.87. The minimum Gasteiger partial charge on any atom is -0.491 e. The number of ether oxygens (including phenoxy) is 2. The molecule has 5 nitrogen and oxygen atoms in total. The van der Waals surface area contributed by atoms with E-state index in [-0.39, 0.29) is 12.0 Å². The lowest BCUT2D eigenvalue weighted by Crippen LogP contribution is -2.35. The van der Waals surface area contributed by atoms with Crippen molar-refractivity contribution in [3.8, 4) is 5.75 Å². The fourth-order valence-corrected chi connectivity index (χ4v) is 1.68. The SMILES string of the molecule is COCCNC(=O)CNCc1cccc(OC(C)C)c1. The summed E-state index contributed by atoms with van der Waals surface area (Å²) >= 11 is 0. The molecular formula is C15H24N2O3. The first-order chi connectivity index (χ1) is 9.61. The van der Waals surface area contributed by atoms with Crippen LogP contribution in [-0.2, 0) is 16.1 Å². The van der Waals surface area contributed by atoms with Crippen molar-refractivity contribution < 1.29 is 14.3 Å². The van der Waals surface area contributed by atoms with Gasteiger partial charge in [0.05, 0.1) is 19.3 Å². The maximum atomic E-state index is 11.5. The fraction of sp³-hybridized carbons (Fsp3) is 0.533. The third-order valence-electron chi connectivity index (χ3n) is 2.51. The van der Waals surface area contributed by atoms with Gasteiger partial charge in [-0.3, -0.25) is 4.79 Å². The monoisotopic (exact) mass is 280 g/mol. The van der Waals surface area contributed by atoms with Crippen molar-refractivity contribution in [1.82, 2.24) is 10.6 Å². The molecule has 1 amide bonds. The normalized spacial score (nSPS) is 10.6. The number of amides is 1. The fourth-order valence-electron chi connectivity index (χ4n) is 1.68. The van der Waals surface area contributed by atoms with Crippen molar-refractivity contribution >= 4 is 5.91 Å². The van der Waals surface area contributed by atoms with E-state index < -0.39 is 0 Å². The van der Waals surface area contributed by atoms with E-state index in [2.05, 4.69) is 10.6 Å². The van der Waals surface area contributed by atoms with E-state index in [1.807, 2.05) is 38.1 Å². The highest BCUT2D eigenvalue weighted by molar-refractivity contribution is 5.77. The van der Waals surface area contributed by atoms with E-state index in [4.69, 9.17) is 9.47 Å². The molecule has 0 bridgehead atoms. The summed E-state index contributed by atoms with van der Waals surface area (Å²) in [5.74, 6) is 0.820. The minimum absolute atomic E-state index is 0.0309. The molecule has 5 heteroatoms. The summed E-state index contributed by atoms with van der Waals surface area (Å²) < 4.78 is 10.5. The van der Waals surface area contributed by atoms with Crippen LogP contribution in [0.15, 0.2) is 24.3 Å². The lowest BCUT2D eigenvalue weighted by Gasteiger charge is -2.11. The second kappa shape index (κ2) is 9.34. The molecule has 0 aliphatic carbocycles. The highest BCUT2D eigenvalue weighted by Crippen LogP contribution is 2.14. The molecule has 0 saturated heterocycles. The second-order valence-corrected chi connectivity index (χ2v) is 4.76. The zero-order valence-electron chi connectivity index (χ0n) is 12.4. The maximum Gasteiger partial charge on any atom is 0.234 e. The largest absolute Gasteiger partial charge is 0.491 e. The molecule has 0 unspecified atom stereocenters. The van der Waals surface area contributed by atoms with Gasteiger partial charge in [-0.05, 0) is 31.5 Å². The lowest BCUT2D eigenvalue weighted by molar-refractivity contribution is -0.120. The molecule has 0 heterocycles. The molecule has 0 aromatic heterocycles. The summed E-state index contributed by atoms with van der Waals surface area (Å²) in [6.07, 6.45) is 0.157. The zero-order valence-corrected chi connectivity index (χ0v) is 12.4. The number of carbonyl (C=O) groups is 1. The van der Waals surface area contributed by atoms with Gasteiger partial charge in [0, 0.05) is 20.2 Å². The summed E-state index contributed by atoms with van der Waals surface area (Å²) in [7, 11) is 1.61. The minimum atomic E-state index is -0.0309. The van der Waals surface area contributed by atoms with Gasteiger partial charge in [0.25, 0.3) is 0 Å². The Morgan fingerprint density at radius 1 is 1.35 bits per heavy atom. The quantitative estimate of drug-likeness (QED) is 0.670. The molecule has 0 aliphatic heterocycles. The van der Waals surface area contributed by atoms with Crippen molar-refractivity contribution in [2.45, 2.75) is 26.5 Å². The van der Waals surface area contributed by atoms with Gasteiger partial charge in [-0.2, -0.15) is 0 Å². The first-order valence-electron chi connectivity index (χ1n) is 6.83. The first-order valence-corrected chi connectivity index (χ1v) is 6.83. The van der Waals surface area contributed by atoms with Crippen LogP contribution in [0.4, 0.5) is 0 Å². The Bertz CT molecular complexity index is 408. The lowest BCUT2D eigenvalue weighted by atomic mass is 10.2. The van der Waals surface area contributed by atoms with Crippen molar-refractivity contribution in [3.05, 3.63) is 29.8 Å². The van der Waals surface area contributed by atoms with Crippen LogP contribution >= 0.6 is 0 Å². The van der Waals surface area contributed by atoms with Crippen LogP contribution < -0.4 is 15.4 Å². The Kier molecular flexibility index (Phi) is 7.69. The van der Waals surface area contributed by atoms with Crippen molar-refractivity contribution in [3.63, 3.8) is 0 Å². The highest BCUT2D eigenvalue weighted by atomic mass is 16.5. The molecule has 0 spiro atoms. The number of rotatable bonds is 9. The van der Waals surface area contributed by atoms with Gasteiger partial charge >= 0.3 is 0 Å². The van der Waals surface area contributed by atoms with E-state index in [1.165, 1.54) is 0 Å². The Labute approximate surface area is 120 Å². The number of carbonyl (C=O) groups excluding carboxylic acids is 1. The number of methoxy groups -OCH3 is 1. The molecule has 20 heavy (non-hydrogen) atoms. The third kappa shape index (κ3) is 7.11. The van der Waals surface area contributed by atoms with Gasteiger partial charge in [0.15, 0.2) is 0 Å². The van der Waals surface area contributed by atoms with Crippen LogP contribution in [0.2, 0.25) is 0 Å². The Morgan fingerprint density at radius 2 is 2.15 bits per heavy atom. The van der Waals surface area contributed by atoms with Gasteiger partial charge < -0.3 is 20.1 Å². The predicted molar refractivity (Wildman–Crippen MR) is 78.8 cm³/mol. The van der Waals surface area contributed by atoms with Crippen LogP contribution in [0.3, 0.4) is 0 Å². The van der Waals surface area contributed by atoms with Crippen molar-refractivity contribution in [2.24, 2.45) is 0 Å². The Balaban J connectivity index is 2.29. The topological polar surface area (TPSA) is 59.6 Å². The summed E-state index contributed by atoms with van der Waals surface area (Å²) in [6.45, 7) is 5.98. The van der Waals surface area contributed by atoms with Crippen LogP contribution in [-0.4, -0.2) is 38.8 Å². The molecule has 0 radical (unpaired) electrons. The summed E-state index contributed by atoms with van der Waals surface area (Å²) in [5, 5.41) is 5.86. The molecule has 112 valence electrons. The number of hydrogen-bond acceptors (Lipinski definition) is 4. The molecule has 1 rings (SSSR count). The van der Waals surface area contributed by atoms with Crippen LogP contribution in [0.5, 0.6) is 5.75 Å². The second-order valence-electron chi connectivity index (χ2n) is 4.76. The molecule has 0 saturated carbocycles. The standard InChI is InChI=1S/C15H24N2O3/c1-12(2)20-14-6-4-5-13(9-14)10-16-11-15(18)17-7-8-19-3/h4-6,9,12,16H,7-8,10-11H2,1-3H3,(H,17,18). The average Bonchev–Trinajstić information content (AvgIpc) is 2.39. The molecule has 0 aliphatic rings. The van der Waals surface area contributed by atoms with E-state index in [0.29, 0.717) is 26.2 Å². The van der Waals surface area contributed by atoms with Gasteiger partial charge in [0.1, 0.15) is 5.75 Å². The van der Waals surface area contributed by atoms with E-state index in [9.17, 15) is 4.79 Å². The van der Waals surface area contributed by atoms with Crippen molar-refractivity contribution in [2.75, 3.05) is 26.8 Å². The van der Waals surface area contributed by atoms with E-state index in [1.54, 1.807) is 7.11 Å². The molecule has 1 aromatic carbocycles. The van der Waals surface area contributed by atoms with Crippen LogP contribution in [0.1, 0.15) is 19.4 Å². The average molecular weight is 280 g/mol. The maximum absolute atomic E-state index is 11.5. The van der Waals surface area contributed by atoms with Gasteiger partial charge in [-0.1, -0.05) is 12.1 Å². The smallest absolute Gasteiger partial charge is 0.234 e. The first kappa shape index (κ1) is 16.5. The predicted octanol–water partition coefficient (Wildman–Crippen LogP) is 1.33.